The van der Waals surface area contributed by atoms with E-state index in [-0.39, 0.29) is 5.69 Å². The van der Waals surface area contributed by atoms with Crippen LogP contribution in [0.25, 0.3) is 0 Å². The van der Waals surface area contributed by atoms with Gasteiger partial charge in [-0.15, -0.1) is 0 Å². The van der Waals surface area contributed by atoms with E-state index >= 15 is 0 Å². The van der Waals surface area contributed by atoms with Crippen molar-refractivity contribution >= 4 is 23.4 Å². The van der Waals surface area contributed by atoms with Gasteiger partial charge in [-0.1, -0.05) is 0 Å². The predicted molar refractivity (Wildman–Crippen MR) is 57.1 cm³/mol. The Morgan fingerprint density at radius 3 is 2.00 bits per heavy atom. The molecule has 0 aliphatic heterocycles. The fourth-order valence-electron chi connectivity index (χ4n) is 1.00. The highest BCUT2D eigenvalue weighted by Gasteiger charge is 2.14. The van der Waals surface area contributed by atoms with Crippen LogP contribution in [0, 0.1) is 0 Å². The number of hydrogen-bond donors (Lipinski definition) is 2. The van der Waals surface area contributed by atoms with Crippen molar-refractivity contribution in [3.8, 4) is 0 Å². The monoisotopic (exact) mass is 244 g/mol. The second-order valence-corrected chi connectivity index (χ2v) is 2.98. The first kappa shape index (κ1) is 12.9. The normalized spacial score (nSPS) is 9.88. The Balaban J connectivity index is 2.62. The molecule has 0 saturated heterocycles. The summed E-state index contributed by atoms with van der Waals surface area (Å²) in [5.41, 5.74) is 0.637. The molecule has 2 amide bonds. The third-order valence-corrected chi connectivity index (χ3v) is 1.78. The Hall–Kier alpha value is -2.18. The molecule has 0 aliphatic carbocycles. The maximum Gasteiger partial charge on any atom is 0.411 e. The van der Waals surface area contributed by atoms with Crippen molar-refractivity contribution in [3.05, 3.63) is 24.3 Å². The van der Waals surface area contributed by atoms with Crippen molar-refractivity contribution in [2.45, 2.75) is 6.43 Å². The molecular weight excluding hydrogens is 234 g/mol. The lowest BCUT2D eigenvalue weighted by Gasteiger charge is -2.06. The average Bonchev–Trinajstić information content (AvgIpc) is 2.31. The molecule has 0 aromatic heterocycles. The molecule has 0 saturated carbocycles. The Bertz CT molecular complexity index is 407. The van der Waals surface area contributed by atoms with Crippen molar-refractivity contribution in [1.82, 2.24) is 0 Å². The molecule has 0 fully saturated rings. The predicted octanol–water partition coefficient (Wildman–Crippen LogP) is 2.07. The summed E-state index contributed by atoms with van der Waals surface area (Å²) in [5.74, 6) is -1.38. The summed E-state index contributed by atoms with van der Waals surface area (Å²) in [6.45, 7) is 0. The molecule has 1 aromatic carbocycles. The summed E-state index contributed by atoms with van der Waals surface area (Å²) in [6, 6.07) is 5.65. The van der Waals surface area contributed by atoms with E-state index in [0.717, 1.165) is 0 Å². The van der Waals surface area contributed by atoms with Gasteiger partial charge in [0.05, 0.1) is 7.11 Å². The Kier molecular flexibility index (Phi) is 4.38. The van der Waals surface area contributed by atoms with E-state index in [0.29, 0.717) is 5.69 Å². The van der Waals surface area contributed by atoms with E-state index in [2.05, 4.69) is 10.1 Å². The fourth-order valence-corrected chi connectivity index (χ4v) is 1.00. The number of methoxy groups -OCH3 is 1. The molecule has 0 heterocycles. The summed E-state index contributed by atoms with van der Waals surface area (Å²) < 4.78 is 28.2. The second kappa shape index (κ2) is 5.78. The highest BCUT2D eigenvalue weighted by molar-refractivity contribution is 5.93. The number of carbonyl (C=O) groups is 2. The highest BCUT2D eigenvalue weighted by atomic mass is 19.3. The largest absolute Gasteiger partial charge is 0.453 e. The minimum atomic E-state index is -3.07. The van der Waals surface area contributed by atoms with Gasteiger partial charge < -0.3 is 10.1 Å². The van der Waals surface area contributed by atoms with Crippen molar-refractivity contribution < 1.29 is 23.1 Å². The van der Waals surface area contributed by atoms with E-state index in [9.17, 15) is 18.4 Å². The van der Waals surface area contributed by atoms with Gasteiger partial charge in [0, 0.05) is 11.4 Å². The molecule has 7 heteroatoms. The molecule has 0 atom stereocenters. The zero-order chi connectivity index (χ0) is 12.8. The maximum atomic E-state index is 11.9. The van der Waals surface area contributed by atoms with Crippen LogP contribution < -0.4 is 10.6 Å². The van der Waals surface area contributed by atoms with Gasteiger partial charge in [-0.05, 0) is 24.3 Å². The van der Waals surface area contributed by atoms with Gasteiger partial charge in [-0.2, -0.15) is 8.78 Å². The van der Waals surface area contributed by atoms with Gasteiger partial charge in [0.25, 0.3) is 5.91 Å². The molecule has 0 radical (unpaired) electrons. The van der Waals surface area contributed by atoms with E-state index in [4.69, 9.17) is 0 Å². The molecule has 1 aromatic rings. The fraction of sp³-hybridized carbons (Fsp3) is 0.200. The standard InChI is InChI=1S/C10H10F2N2O3/c1-17-10(16)14-7-4-2-6(3-5-7)13-9(15)8(11)12/h2-5,8H,1H3,(H,13,15)(H,14,16). The second-order valence-electron chi connectivity index (χ2n) is 2.98. The van der Waals surface area contributed by atoms with Crippen LogP contribution in [-0.2, 0) is 9.53 Å². The summed E-state index contributed by atoms with van der Waals surface area (Å²) in [6.07, 6.45) is -3.71. The number of hydrogen-bond acceptors (Lipinski definition) is 3. The van der Waals surface area contributed by atoms with Crippen molar-refractivity contribution in [3.63, 3.8) is 0 Å². The first-order valence-corrected chi connectivity index (χ1v) is 4.57. The topological polar surface area (TPSA) is 67.4 Å². The molecule has 2 N–H and O–H groups in total. The quantitative estimate of drug-likeness (QED) is 0.855. The number of anilines is 2. The Morgan fingerprint density at radius 1 is 1.12 bits per heavy atom. The number of benzene rings is 1. The molecule has 0 aliphatic rings. The lowest BCUT2D eigenvalue weighted by atomic mass is 10.3. The number of ether oxygens (including phenoxy) is 1. The van der Waals surface area contributed by atoms with E-state index in [1.165, 1.54) is 31.4 Å². The third kappa shape index (κ3) is 4.06. The van der Waals surface area contributed by atoms with Crippen LogP contribution >= 0.6 is 0 Å². The van der Waals surface area contributed by atoms with E-state index < -0.39 is 18.4 Å². The smallest absolute Gasteiger partial charge is 0.411 e. The number of alkyl halides is 2. The number of amides is 2. The van der Waals surface area contributed by atoms with Crippen LogP contribution in [0.15, 0.2) is 24.3 Å². The van der Waals surface area contributed by atoms with E-state index in [1.807, 2.05) is 5.32 Å². The van der Waals surface area contributed by atoms with Crippen LogP contribution in [-0.4, -0.2) is 25.5 Å². The lowest BCUT2D eigenvalue weighted by molar-refractivity contribution is -0.126. The number of rotatable bonds is 3. The van der Waals surface area contributed by atoms with Gasteiger partial charge in [-0.3, -0.25) is 10.1 Å². The first-order chi connectivity index (χ1) is 8.02. The Morgan fingerprint density at radius 2 is 1.59 bits per heavy atom. The van der Waals surface area contributed by atoms with Gasteiger partial charge in [-0.25, -0.2) is 4.79 Å². The van der Waals surface area contributed by atoms with Gasteiger partial charge >= 0.3 is 12.5 Å². The van der Waals surface area contributed by atoms with Gasteiger partial charge in [0.15, 0.2) is 0 Å². The van der Waals surface area contributed by atoms with Crippen molar-refractivity contribution in [2.75, 3.05) is 17.7 Å². The summed E-state index contributed by atoms with van der Waals surface area (Å²) in [5, 5.41) is 4.38. The average molecular weight is 244 g/mol. The van der Waals surface area contributed by atoms with Crippen molar-refractivity contribution in [2.24, 2.45) is 0 Å². The minimum absolute atomic E-state index is 0.214. The van der Waals surface area contributed by atoms with Gasteiger partial charge in [0.2, 0.25) is 0 Å². The molecule has 0 bridgehead atoms. The molecule has 0 spiro atoms. The summed E-state index contributed by atoms with van der Waals surface area (Å²) >= 11 is 0. The van der Waals surface area contributed by atoms with Crippen LogP contribution in [0.4, 0.5) is 25.0 Å². The molecular formula is C10H10F2N2O3. The zero-order valence-corrected chi connectivity index (χ0v) is 8.87. The maximum absolute atomic E-state index is 11.9. The molecule has 1 rings (SSSR count). The van der Waals surface area contributed by atoms with Crippen LogP contribution in [0.3, 0.4) is 0 Å². The lowest BCUT2D eigenvalue weighted by Crippen LogP contribution is -2.20. The molecule has 5 nitrogen and oxygen atoms in total. The SMILES string of the molecule is COC(=O)Nc1ccc(NC(=O)C(F)F)cc1. The summed E-state index contributed by atoms with van der Waals surface area (Å²) in [7, 11) is 1.21. The van der Waals surface area contributed by atoms with Crippen LogP contribution in [0.2, 0.25) is 0 Å². The molecule has 92 valence electrons. The zero-order valence-electron chi connectivity index (χ0n) is 8.87. The van der Waals surface area contributed by atoms with Crippen LogP contribution in [0.5, 0.6) is 0 Å². The van der Waals surface area contributed by atoms with Crippen LogP contribution in [0.1, 0.15) is 0 Å². The minimum Gasteiger partial charge on any atom is -0.453 e. The summed E-state index contributed by atoms with van der Waals surface area (Å²) in [4.78, 5) is 21.5. The number of nitrogens with one attached hydrogen (secondary N) is 2. The number of carbonyl (C=O) groups excluding carboxylic acids is 2. The van der Waals surface area contributed by atoms with E-state index in [1.54, 1.807) is 0 Å². The molecule has 17 heavy (non-hydrogen) atoms. The molecule has 0 unspecified atom stereocenters. The third-order valence-electron chi connectivity index (χ3n) is 1.78. The highest BCUT2D eigenvalue weighted by Crippen LogP contribution is 2.14. The Labute approximate surface area is 95.8 Å². The number of halogens is 2. The van der Waals surface area contributed by atoms with Crippen molar-refractivity contribution in [1.29, 1.82) is 0 Å². The van der Waals surface area contributed by atoms with Gasteiger partial charge in [0.1, 0.15) is 0 Å². The first-order valence-electron chi connectivity index (χ1n) is 4.57.